The van der Waals surface area contributed by atoms with E-state index in [4.69, 9.17) is 5.11 Å². The van der Waals surface area contributed by atoms with Gasteiger partial charge in [0, 0.05) is 5.57 Å². The first kappa shape index (κ1) is 14.3. The summed E-state index contributed by atoms with van der Waals surface area (Å²) in [7, 11) is 0. The number of carbonyl (C=O) groups is 1. The Labute approximate surface area is 105 Å². The van der Waals surface area contributed by atoms with Crippen molar-refractivity contribution in [2.75, 3.05) is 0 Å². The van der Waals surface area contributed by atoms with Crippen LogP contribution in [-0.2, 0) is 4.79 Å². The molecule has 17 heavy (non-hydrogen) atoms. The van der Waals surface area contributed by atoms with Crippen LogP contribution in [0.5, 0.6) is 0 Å². The molecule has 2 nitrogen and oxygen atoms in total. The van der Waals surface area contributed by atoms with Crippen molar-refractivity contribution in [3.05, 3.63) is 11.6 Å². The SMILES string of the molecule is CC(=CCCCCCC1CCCCC1)C(=O)O. The first-order valence-electron chi connectivity index (χ1n) is 7.10. The van der Waals surface area contributed by atoms with E-state index in [-0.39, 0.29) is 0 Å². The number of allylic oxidation sites excluding steroid dienone is 1. The van der Waals surface area contributed by atoms with Crippen LogP contribution < -0.4 is 0 Å². The smallest absolute Gasteiger partial charge is 0.330 e. The summed E-state index contributed by atoms with van der Waals surface area (Å²) in [5, 5.41) is 8.69. The van der Waals surface area contributed by atoms with Crippen LogP contribution in [0.2, 0.25) is 0 Å². The maximum absolute atomic E-state index is 10.6. The monoisotopic (exact) mass is 238 g/mol. The van der Waals surface area contributed by atoms with Crippen molar-refractivity contribution in [1.29, 1.82) is 0 Å². The Bertz CT molecular complexity index is 250. The third kappa shape index (κ3) is 6.50. The van der Waals surface area contributed by atoms with Gasteiger partial charge in [-0.15, -0.1) is 0 Å². The standard InChI is InChI=1S/C15H26O2/c1-13(15(16)17)9-5-2-3-6-10-14-11-7-4-8-12-14/h9,14H,2-8,10-12H2,1H3,(H,16,17). The fraction of sp³-hybridized carbons (Fsp3) is 0.800. The van der Waals surface area contributed by atoms with Crippen molar-refractivity contribution in [2.45, 2.75) is 71.1 Å². The molecule has 0 spiro atoms. The highest BCUT2D eigenvalue weighted by molar-refractivity contribution is 5.85. The van der Waals surface area contributed by atoms with E-state index in [0.29, 0.717) is 5.57 Å². The number of hydrogen-bond acceptors (Lipinski definition) is 1. The molecule has 1 N–H and O–H groups in total. The zero-order chi connectivity index (χ0) is 12.5. The Balaban J connectivity index is 1.97. The Morgan fingerprint density at radius 1 is 1.18 bits per heavy atom. The lowest BCUT2D eigenvalue weighted by Crippen LogP contribution is -2.05. The van der Waals surface area contributed by atoms with E-state index in [1.807, 2.05) is 6.08 Å². The molecule has 0 radical (unpaired) electrons. The number of carboxylic acid groups (broad SMARTS) is 1. The number of rotatable bonds is 7. The van der Waals surface area contributed by atoms with Crippen LogP contribution >= 0.6 is 0 Å². The summed E-state index contributed by atoms with van der Waals surface area (Å²) < 4.78 is 0. The Morgan fingerprint density at radius 3 is 2.53 bits per heavy atom. The van der Waals surface area contributed by atoms with Gasteiger partial charge in [0.15, 0.2) is 0 Å². The van der Waals surface area contributed by atoms with E-state index in [0.717, 1.165) is 18.8 Å². The molecule has 0 aromatic heterocycles. The van der Waals surface area contributed by atoms with E-state index >= 15 is 0 Å². The number of unbranched alkanes of at least 4 members (excludes halogenated alkanes) is 3. The fourth-order valence-electron chi connectivity index (χ4n) is 2.64. The van der Waals surface area contributed by atoms with Gasteiger partial charge in [-0.3, -0.25) is 0 Å². The highest BCUT2D eigenvalue weighted by Crippen LogP contribution is 2.27. The highest BCUT2D eigenvalue weighted by atomic mass is 16.4. The van der Waals surface area contributed by atoms with Crippen LogP contribution in [0.25, 0.3) is 0 Å². The van der Waals surface area contributed by atoms with Crippen LogP contribution in [0.1, 0.15) is 71.1 Å². The summed E-state index contributed by atoms with van der Waals surface area (Å²) in [5.41, 5.74) is 0.484. The molecule has 1 aliphatic carbocycles. The van der Waals surface area contributed by atoms with E-state index in [1.54, 1.807) is 6.92 Å². The molecule has 0 amide bonds. The predicted octanol–water partition coefficient (Wildman–Crippen LogP) is 4.55. The molecule has 0 unspecified atom stereocenters. The molecule has 1 saturated carbocycles. The van der Waals surface area contributed by atoms with E-state index in [2.05, 4.69) is 0 Å². The van der Waals surface area contributed by atoms with Crippen molar-refractivity contribution in [3.8, 4) is 0 Å². The van der Waals surface area contributed by atoms with E-state index in [9.17, 15) is 4.79 Å². The van der Waals surface area contributed by atoms with Crippen LogP contribution in [0.3, 0.4) is 0 Å². The molecule has 0 aliphatic heterocycles. The summed E-state index contributed by atoms with van der Waals surface area (Å²) in [6.07, 6.45) is 15.1. The predicted molar refractivity (Wildman–Crippen MR) is 71.1 cm³/mol. The number of aliphatic carboxylic acids is 1. The average molecular weight is 238 g/mol. The topological polar surface area (TPSA) is 37.3 Å². The number of carboxylic acids is 1. The molecule has 98 valence electrons. The molecule has 1 aliphatic rings. The van der Waals surface area contributed by atoms with Crippen molar-refractivity contribution >= 4 is 5.97 Å². The molecule has 1 fully saturated rings. The highest BCUT2D eigenvalue weighted by Gasteiger charge is 2.12. The first-order chi connectivity index (χ1) is 8.20. The third-order valence-electron chi connectivity index (χ3n) is 3.83. The lowest BCUT2D eigenvalue weighted by atomic mass is 9.85. The van der Waals surface area contributed by atoms with E-state index in [1.165, 1.54) is 51.4 Å². The first-order valence-corrected chi connectivity index (χ1v) is 7.10. The second-order valence-electron chi connectivity index (χ2n) is 5.33. The minimum atomic E-state index is -0.785. The molecule has 0 bridgehead atoms. The molecule has 0 aromatic carbocycles. The van der Waals surface area contributed by atoms with Gasteiger partial charge in [-0.25, -0.2) is 4.79 Å². The molecule has 0 aromatic rings. The Hall–Kier alpha value is -0.790. The maximum atomic E-state index is 10.6. The summed E-state index contributed by atoms with van der Waals surface area (Å²) in [5.74, 6) is 0.201. The van der Waals surface area contributed by atoms with Gasteiger partial charge in [0.05, 0.1) is 0 Å². The molecule has 1 rings (SSSR count). The van der Waals surface area contributed by atoms with Gasteiger partial charge in [0.2, 0.25) is 0 Å². The zero-order valence-electron chi connectivity index (χ0n) is 11.1. The largest absolute Gasteiger partial charge is 0.478 e. The van der Waals surface area contributed by atoms with Gasteiger partial charge in [0.25, 0.3) is 0 Å². The van der Waals surface area contributed by atoms with E-state index < -0.39 is 5.97 Å². The van der Waals surface area contributed by atoms with Gasteiger partial charge in [-0.05, 0) is 25.7 Å². The van der Waals surface area contributed by atoms with Crippen LogP contribution in [-0.4, -0.2) is 11.1 Å². The third-order valence-corrected chi connectivity index (χ3v) is 3.83. The molecule has 0 heterocycles. The Kier molecular flexibility index (Phi) is 6.99. The zero-order valence-corrected chi connectivity index (χ0v) is 11.1. The van der Waals surface area contributed by atoms with Crippen LogP contribution in [0.15, 0.2) is 11.6 Å². The molecular weight excluding hydrogens is 212 g/mol. The molecular formula is C15H26O2. The lowest BCUT2D eigenvalue weighted by Gasteiger charge is -2.21. The lowest BCUT2D eigenvalue weighted by molar-refractivity contribution is -0.132. The van der Waals surface area contributed by atoms with Gasteiger partial charge >= 0.3 is 5.97 Å². The Morgan fingerprint density at radius 2 is 1.88 bits per heavy atom. The van der Waals surface area contributed by atoms with Crippen molar-refractivity contribution < 1.29 is 9.90 Å². The van der Waals surface area contributed by atoms with Crippen LogP contribution in [0, 0.1) is 5.92 Å². The van der Waals surface area contributed by atoms with Crippen LogP contribution in [0.4, 0.5) is 0 Å². The summed E-state index contributed by atoms with van der Waals surface area (Å²) in [4.78, 5) is 10.6. The maximum Gasteiger partial charge on any atom is 0.330 e. The minimum absolute atomic E-state index is 0.484. The van der Waals surface area contributed by atoms with Gasteiger partial charge < -0.3 is 5.11 Å². The summed E-state index contributed by atoms with van der Waals surface area (Å²) in [6.45, 7) is 1.67. The van der Waals surface area contributed by atoms with Gasteiger partial charge in [-0.2, -0.15) is 0 Å². The minimum Gasteiger partial charge on any atom is -0.478 e. The van der Waals surface area contributed by atoms with Gasteiger partial charge in [0.1, 0.15) is 0 Å². The molecule has 0 atom stereocenters. The normalized spacial score (nSPS) is 18.3. The fourth-order valence-corrected chi connectivity index (χ4v) is 2.64. The van der Waals surface area contributed by atoms with Gasteiger partial charge in [-0.1, -0.05) is 57.4 Å². The second kappa shape index (κ2) is 8.32. The summed E-state index contributed by atoms with van der Waals surface area (Å²) >= 11 is 0. The van der Waals surface area contributed by atoms with Crippen molar-refractivity contribution in [2.24, 2.45) is 5.92 Å². The number of hydrogen-bond donors (Lipinski definition) is 1. The van der Waals surface area contributed by atoms with Crippen molar-refractivity contribution in [3.63, 3.8) is 0 Å². The summed E-state index contributed by atoms with van der Waals surface area (Å²) in [6, 6.07) is 0. The molecule has 2 heteroatoms. The quantitative estimate of drug-likeness (QED) is 0.522. The molecule has 0 saturated heterocycles. The van der Waals surface area contributed by atoms with Crippen molar-refractivity contribution in [1.82, 2.24) is 0 Å². The second-order valence-corrected chi connectivity index (χ2v) is 5.33. The average Bonchev–Trinajstić information content (AvgIpc) is 2.34.